The van der Waals surface area contributed by atoms with Gasteiger partial charge in [-0.15, -0.1) is 0 Å². The molecule has 0 aliphatic rings. The van der Waals surface area contributed by atoms with E-state index in [9.17, 15) is 31.3 Å². The van der Waals surface area contributed by atoms with Gasteiger partial charge in [-0.05, 0) is 32.4 Å². The second-order valence-electron chi connectivity index (χ2n) is 6.40. The lowest BCUT2D eigenvalue weighted by atomic mass is 10.3. The Morgan fingerprint density at radius 1 is 0.935 bits per heavy atom. The molecule has 2 aromatic carbocycles. The van der Waals surface area contributed by atoms with Crippen molar-refractivity contribution in [1.29, 1.82) is 0 Å². The monoisotopic (exact) mass is 467 g/mol. The van der Waals surface area contributed by atoms with Gasteiger partial charge >= 0.3 is 13.7 Å². The number of hydrogen-bond acceptors (Lipinski definition) is 5. The molecule has 0 fully saturated rings. The van der Waals surface area contributed by atoms with Crippen molar-refractivity contribution >= 4 is 13.7 Å². The van der Waals surface area contributed by atoms with Crippen molar-refractivity contribution < 1.29 is 45.1 Å². The van der Waals surface area contributed by atoms with Crippen LogP contribution in [0.15, 0.2) is 30.3 Å². The molecule has 2 rings (SSSR count). The summed E-state index contributed by atoms with van der Waals surface area (Å²) in [5.74, 6) is -14.6. The Bertz CT molecular complexity index is 962. The predicted octanol–water partition coefficient (Wildman–Crippen LogP) is 5.27. The van der Waals surface area contributed by atoms with Gasteiger partial charge in [0.25, 0.3) is 0 Å². The molecule has 2 unspecified atom stereocenters. The molecule has 0 heterocycles. The highest BCUT2D eigenvalue weighted by Gasteiger charge is 2.38. The molecule has 3 atom stereocenters. The van der Waals surface area contributed by atoms with Gasteiger partial charge in [0, 0.05) is 0 Å². The van der Waals surface area contributed by atoms with Crippen molar-refractivity contribution in [3.05, 3.63) is 59.4 Å². The maximum absolute atomic E-state index is 14.0. The maximum atomic E-state index is 14.0. The highest BCUT2D eigenvalue weighted by molar-refractivity contribution is 7.52. The minimum Gasteiger partial charge on any atom is -0.462 e. The van der Waals surface area contributed by atoms with Gasteiger partial charge in [-0.25, -0.2) is 17.7 Å². The van der Waals surface area contributed by atoms with Crippen LogP contribution in [0.3, 0.4) is 0 Å². The molecule has 6 nitrogen and oxygen atoms in total. The summed E-state index contributed by atoms with van der Waals surface area (Å²) in [6.07, 6.45) is -0.0280. The number of carbonyl (C=O) groups is 1. The first-order valence-electron chi connectivity index (χ1n) is 9.03. The van der Waals surface area contributed by atoms with Crippen LogP contribution in [-0.4, -0.2) is 18.1 Å². The van der Waals surface area contributed by atoms with E-state index in [0.29, 0.717) is 6.42 Å². The highest BCUT2D eigenvalue weighted by Crippen LogP contribution is 2.47. The van der Waals surface area contributed by atoms with Crippen molar-refractivity contribution in [1.82, 2.24) is 5.09 Å². The van der Waals surface area contributed by atoms with Gasteiger partial charge in [0.05, 0.1) is 6.10 Å². The molecule has 0 saturated heterocycles. The van der Waals surface area contributed by atoms with E-state index in [1.807, 2.05) is 0 Å². The van der Waals surface area contributed by atoms with E-state index in [1.54, 1.807) is 19.9 Å². The van der Waals surface area contributed by atoms with E-state index in [4.69, 9.17) is 9.26 Å². The molecule has 0 aromatic heterocycles. The lowest BCUT2D eigenvalue weighted by molar-refractivity contribution is -0.150. The summed E-state index contributed by atoms with van der Waals surface area (Å²) >= 11 is 0. The summed E-state index contributed by atoms with van der Waals surface area (Å²) in [6, 6.07) is 5.67. The molecular weight excluding hydrogens is 448 g/mol. The third-order valence-corrected chi connectivity index (χ3v) is 5.52. The largest absolute Gasteiger partial charge is 0.513 e. The minimum absolute atomic E-state index is 0.135. The number of esters is 1. The van der Waals surface area contributed by atoms with Crippen molar-refractivity contribution in [2.75, 3.05) is 0 Å². The Morgan fingerprint density at radius 3 is 1.97 bits per heavy atom. The fraction of sp³-hybridized carbons (Fsp3) is 0.316. The van der Waals surface area contributed by atoms with Crippen molar-refractivity contribution in [2.24, 2.45) is 0 Å². The van der Waals surface area contributed by atoms with E-state index in [2.05, 4.69) is 9.61 Å². The molecule has 1 N–H and O–H groups in total. The van der Waals surface area contributed by atoms with Gasteiger partial charge in [-0.1, -0.05) is 25.1 Å². The maximum Gasteiger partial charge on any atom is 0.513 e. The Morgan fingerprint density at radius 2 is 1.45 bits per heavy atom. The fourth-order valence-corrected chi connectivity index (χ4v) is 3.67. The molecule has 31 heavy (non-hydrogen) atoms. The van der Waals surface area contributed by atoms with E-state index >= 15 is 0 Å². The SMILES string of the molecule is CC[C@H](C)OC(=O)C(C)NP(=O)(Oc1ccccc1)Oc1c(F)c(F)c(F)c(F)c1F. The van der Waals surface area contributed by atoms with Gasteiger partial charge in [0.2, 0.25) is 34.8 Å². The molecule has 0 saturated carbocycles. The highest BCUT2D eigenvalue weighted by atomic mass is 31.2. The molecular formula is C19H19F5NO5P. The third kappa shape index (κ3) is 5.95. The first-order valence-corrected chi connectivity index (χ1v) is 10.6. The van der Waals surface area contributed by atoms with Crippen molar-refractivity contribution in [3.8, 4) is 11.5 Å². The zero-order chi connectivity index (χ0) is 23.3. The van der Waals surface area contributed by atoms with Crippen LogP contribution in [0, 0.1) is 29.1 Å². The quantitative estimate of drug-likeness (QED) is 0.178. The van der Waals surface area contributed by atoms with Gasteiger partial charge in [-0.3, -0.25) is 4.79 Å². The Hall–Kier alpha value is -2.65. The molecule has 0 radical (unpaired) electrons. The first kappa shape index (κ1) is 24.6. The smallest absolute Gasteiger partial charge is 0.462 e. The summed E-state index contributed by atoms with van der Waals surface area (Å²) in [5.41, 5.74) is 0. The van der Waals surface area contributed by atoms with Gasteiger partial charge in [-0.2, -0.15) is 13.9 Å². The molecule has 0 spiro atoms. The van der Waals surface area contributed by atoms with Crippen LogP contribution in [0.2, 0.25) is 0 Å². The Balaban J connectivity index is 2.42. The second kappa shape index (κ2) is 10.1. The van der Waals surface area contributed by atoms with Crippen LogP contribution < -0.4 is 14.1 Å². The molecule has 0 amide bonds. The van der Waals surface area contributed by atoms with Crippen LogP contribution in [0.25, 0.3) is 0 Å². The molecule has 0 aliphatic heterocycles. The number of ether oxygens (including phenoxy) is 1. The van der Waals surface area contributed by atoms with E-state index in [1.165, 1.54) is 31.2 Å². The summed E-state index contributed by atoms with van der Waals surface area (Å²) < 4.78 is 96.4. The minimum atomic E-state index is -4.92. The topological polar surface area (TPSA) is 73.9 Å². The molecule has 0 bridgehead atoms. The number of carbonyl (C=O) groups excluding carboxylic acids is 1. The van der Waals surface area contributed by atoms with Crippen molar-refractivity contribution in [2.45, 2.75) is 39.3 Å². The van der Waals surface area contributed by atoms with Crippen LogP contribution >= 0.6 is 7.75 Å². The number of para-hydroxylation sites is 1. The molecule has 170 valence electrons. The number of nitrogens with one attached hydrogen (secondary N) is 1. The average Bonchev–Trinajstić information content (AvgIpc) is 2.74. The third-order valence-electron chi connectivity index (χ3n) is 3.95. The predicted molar refractivity (Wildman–Crippen MR) is 100.0 cm³/mol. The zero-order valence-corrected chi connectivity index (χ0v) is 17.5. The fourth-order valence-electron chi connectivity index (χ4n) is 2.15. The molecule has 2 aromatic rings. The van der Waals surface area contributed by atoms with Gasteiger partial charge in [0.15, 0.2) is 0 Å². The standard InChI is InChI=1S/C19H19F5NO5P/c1-4-10(2)28-19(26)11(3)25-31(27,29-12-8-6-5-7-9-12)30-18-16(23)14(21)13(20)15(22)17(18)24/h5-11H,4H2,1-3H3,(H,25,27)/t10-,11?,31?/m0/s1. The van der Waals surface area contributed by atoms with Crippen molar-refractivity contribution in [3.63, 3.8) is 0 Å². The normalized spacial score (nSPS) is 15.0. The van der Waals surface area contributed by atoms with Crippen LogP contribution in [0.4, 0.5) is 22.0 Å². The van der Waals surface area contributed by atoms with E-state index < -0.39 is 60.7 Å². The zero-order valence-electron chi connectivity index (χ0n) is 16.6. The summed E-state index contributed by atoms with van der Waals surface area (Å²) in [4.78, 5) is 12.1. The average molecular weight is 467 g/mol. The molecule has 12 heteroatoms. The first-order chi connectivity index (χ1) is 14.5. The molecule has 0 aliphatic carbocycles. The number of benzene rings is 2. The summed E-state index contributed by atoms with van der Waals surface area (Å²) in [7, 11) is -4.92. The van der Waals surface area contributed by atoms with E-state index in [0.717, 1.165) is 0 Å². The number of rotatable bonds is 9. The van der Waals surface area contributed by atoms with Crippen LogP contribution in [-0.2, 0) is 14.1 Å². The van der Waals surface area contributed by atoms with Crippen LogP contribution in [0.5, 0.6) is 11.5 Å². The van der Waals surface area contributed by atoms with Gasteiger partial charge < -0.3 is 13.8 Å². The van der Waals surface area contributed by atoms with E-state index in [-0.39, 0.29) is 5.75 Å². The number of hydrogen-bond donors (Lipinski definition) is 1. The lowest BCUT2D eigenvalue weighted by Gasteiger charge is -2.24. The Labute approximate surface area is 174 Å². The Kier molecular flexibility index (Phi) is 8.02. The second-order valence-corrected chi connectivity index (χ2v) is 8.02. The lowest BCUT2D eigenvalue weighted by Crippen LogP contribution is -2.37. The van der Waals surface area contributed by atoms with Gasteiger partial charge in [0.1, 0.15) is 11.8 Å². The number of halogens is 5. The van der Waals surface area contributed by atoms with Crippen LogP contribution in [0.1, 0.15) is 27.2 Å². The summed E-state index contributed by atoms with van der Waals surface area (Å²) in [5, 5.41) is 2.09. The summed E-state index contributed by atoms with van der Waals surface area (Å²) in [6.45, 7) is 4.52.